The predicted octanol–water partition coefficient (Wildman–Crippen LogP) is 1.87. The molecule has 0 aliphatic heterocycles. The molecule has 3 heteroatoms. The number of rotatable bonds is 1. The van der Waals surface area contributed by atoms with Crippen LogP contribution in [0.2, 0.25) is 0 Å². The lowest BCUT2D eigenvalue weighted by molar-refractivity contribution is 0.0793. The van der Waals surface area contributed by atoms with Gasteiger partial charge in [0.25, 0.3) is 5.91 Å². The molecule has 0 spiro atoms. The van der Waals surface area contributed by atoms with E-state index in [4.69, 9.17) is 5.84 Å². The van der Waals surface area contributed by atoms with Gasteiger partial charge in [-0.3, -0.25) is 9.80 Å². The molecule has 1 aromatic rings. The lowest BCUT2D eigenvalue weighted by atomic mass is 9.94. The SMILES string of the molecule is Cc1cc(C)c(C)c(C(=O)N(C)N)c1C. The second-order valence-electron chi connectivity index (χ2n) is 4.05. The van der Waals surface area contributed by atoms with E-state index in [-0.39, 0.29) is 5.91 Å². The van der Waals surface area contributed by atoms with Gasteiger partial charge in [0.1, 0.15) is 0 Å². The van der Waals surface area contributed by atoms with Crippen molar-refractivity contribution in [2.45, 2.75) is 27.7 Å². The van der Waals surface area contributed by atoms with Crippen LogP contribution in [0.4, 0.5) is 0 Å². The molecule has 0 radical (unpaired) electrons. The third kappa shape index (κ3) is 2.02. The Hall–Kier alpha value is -1.35. The fourth-order valence-corrected chi connectivity index (χ4v) is 1.71. The fourth-order valence-electron chi connectivity index (χ4n) is 1.71. The molecule has 0 heterocycles. The van der Waals surface area contributed by atoms with E-state index in [0.29, 0.717) is 0 Å². The first kappa shape index (κ1) is 11.7. The Kier molecular flexibility index (Phi) is 3.15. The highest BCUT2D eigenvalue weighted by atomic mass is 16.2. The molecule has 0 saturated carbocycles. The Morgan fingerprint density at radius 1 is 1.13 bits per heavy atom. The fraction of sp³-hybridized carbons (Fsp3) is 0.417. The number of carbonyl (C=O) groups is 1. The van der Waals surface area contributed by atoms with Gasteiger partial charge >= 0.3 is 0 Å². The molecule has 0 aromatic heterocycles. The highest BCUT2D eigenvalue weighted by Crippen LogP contribution is 2.22. The van der Waals surface area contributed by atoms with Crippen molar-refractivity contribution in [1.82, 2.24) is 5.01 Å². The van der Waals surface area contributed by atoms with Crippen LogP contribution >= 0.6 is 0 Å². The van der Waals surface area contributed by atoms with Gasteiger partial charge in [0.2, 0.25) is 0 Å². The summed E-state index contributed by atoms with van der Waals surface area (Å²) in [6, 6.07) is 2.10. The van der Waals surface area contributed by atoms with Gasteiger partial charge in [0.15, 0.2) is 0 Å². The molecule has 0 aliphatic rings. The van der Waals surface area contributed by atoms with Gasteiger partial charge in [-0.15, -0.1) is 0 Å². The average Bonchev–Trinajstić information content (AvgIpc) is 2.15. The standard InChI is InChI=1S/C12H18N2O/c1-7-6-8(2)10(4)11(9(7)3)12(15)14(5)13/h6H,13H2,1-5H3. The first-order valence-electron chi connectivity index (χ1n) is 4.96. The molecule has 0 saturated heterocycles. The summed E-state index contributed by atoms with van der Waals surface area (Å²) in [5.41, 5.74) is 5.02. The zero-order chi connectivity index (χ0) is 11.7. The molecule has 3 nitrogen and oxygen atoms in total. The highest BCUT2D eigenvalue weighted by Gasteiger charge is 2.17. The largest absolute Gasteiger partial charge is 0.280 e. The molecule has 0 unspecified atom stereocenters. The summed E-state index contributed by atoms with van der Waals surface area (Å²) in [6.45, 7) is 7.93. The number of aryl methyl sites for hydroxylation is 2. The van der Waals surface area contributed by atoms with Crippen molar-refractivity contribution in [3.8, 4) is 0 Å². The molecular weight excluding hydrogens is 188 g/mol. The Labute approximate surface area is 90.9 Å². The van der Waals surface area contributed by atoms with Crippen LogP contribution in [0, 0.1) is 27.7 Å². The lowest BCUT2D eigenvalue weighted by Crippen LogP contribution is -2.34. The zero-order valence-corrected chi connectivity index (χ0v) is 10.0. The number of nitrogens with two attached hydrogens (primary N) is 1. The Balaban J connectivity index is 3.46. The summed E-state index contributed by atoms with van der Waals surface area (Å²) in [6.07, 6.45) is 0. The molecule has 0 bridgehead atoms. The second-order valence-corrected chi connectivity index (χ2v) is 4.05. The van der Waals surface area contributed by atoms with Gasteiger partial charge in [-0.1, -0.05) is 6.07 Å². The van der Waals surface area contributed by atoms with Gasteiger partial charge in [-0.25, -0.2) is 5.84 Å². The molecule has 0 aliphatic carbocycles. The van der Waals surface area contributed by atoms with E-state index < -0.39 is 0 Å². The van der Waals surface area contributed by atoms with Crippen LogP contribution in [0.15, 0.2) is 6.07 Å². The van der Waals surface area contributed by atoms with Crippen molar-refractivity contribution in [2.75, 3.05) is 7.05 Å². The number of amides is 1. The predicted molar refractivity (Wildman–Crippen MR) is 61.7 cm³/mol. The third-order valence-electron chi connectivity index (χ3n) is 2.90. The molecular formula is C12H18N2O. The maximum atomic E-state index is 11.9. The molecule has 2 N–H and O–H groups in total. The van der Waals surface area contributed by atoms with Crippen LogP contribution in [0.25, 0.3) is 0 Å². The van der Waals surface area contributed by atoms with Crippen molar-refractivity contribution in [2.24, 2.45) is 5.84 Å². The maximum Gasteiger partial charge on any atom is 0.268 e. The van der Waals surface area contributed by atoms with Crippen molar-refractivity contribution in [1.29, 1.82) is 0 Å². The Morgan fingerprint density at radius 2 is 1.53 bits per heavy atom. The van der Waals surface area contributed by atoms with E-state index in [1.165, 1.54) is 0 Å². The van der Waals surface area contributed by atoms with E-state index in [1.807, 2.05) is 27.7 Å². The van der Waals surface area contributed by atoms with Crippen LogP contribution < -0.4 is 5.84 Å². The number of hydrazine groups is 1. The quantitative estimate of drug-likeness (QED) is 0.433. The van der Waals surface area contributed by atoms with E-state index >= 15 is 0 Å². The molecule has 1 rings (SSSR count). The van der Waals surface area contributed by atoms with Gasteiger partial charge in [0.05, 0.1) is 0 Å². The minimum Gasteiger partial charge on any atom is -0.280 e. The number of nitrogens with zero attached hydrogens (tertiary/aromatic N) is 1. The maximum absolute atomic E-state index is 11.9. The van der Waals surface area contributed by atoms with Crippen LogP contribution in [-0.4, -0.2) is 18.0 Å². The molecule has 15 heavy (non-hydrogen) atoms. The molecule has 1 amide bonds. The van der Waals surface area contributed by atoms with E-state index in [9.17, 15) is 4.79 Å². The Bertz CT molecular complexity index is 382. The monoisotopic (exact) mass is 206 g/mol. The van der Waals surface area contributed by atoms with Gasteiger partial charge < -0.3 is 0 Å². The normalized spacial score (nSPS) is 10.3. The highest BCUT2D eigenvalue weighted by molar-refractivity contribution is 5.97. The number of carbonyl (C=O) groups excluding carboxylic acids is 1. The minimum atomic E-state index is -0.128. The number of benzene rings is 1. The van der Waals surface area contributed by atoms with Gasteiger partial charge in [-0.05, 0) is 49.9 Å². The third-order valence-corrected chi connectivity index (χ3v) is 2.90. The summed E-state index contributed by atoms with van der Waals surface area (Å²) in [7, 11) is 1.57. The molecule has 1 aromatic carbocycles. The van der Waals surface area contributed by atoms with Crippen LogP contribution in [-0.2, 0) is 0 Å². The summed E-state index contributed by atoms with van der Waals surface area (Å²) in [5, 5.41) is 1.13. The van der Waals surface area contributed by atoms with Crippen molar-refractivity contribution < 1.29 is 4.79 Å². The summed E-state index contributed by atoms with van der Waals surface area (Å²) < 4.78 is 0. The van der Waals surface area contributed by atoms with Crippen LogP contribution in [0.3, 0.4) is 0 Å². The topological polar surface area (TPSA) is 46.3 Å². The smallest absolute Gasteiger partial charge is 0.268 e. The minimum absolute atomic E-state index is 0.128. The first-order chi connectivity index (χ1) is 6.86. The lowest BCUT2D eigenvalue weighted by Gasteiger charge is -2.17. The van der Waals surface area contributed by atoms with Crippen molar-refractivity contribution in [3.63, 3.8) is 0 Å². The van der Waals surface area contributed by atoms with E-state index in [1.54, 1.807) is 7.05 Å². The molecule has 0 fully saturated rings. The van der Waals surface area contributed by atoms with Gasteiger partial charge in [0, 0.05) is 12.6 Å². The van der Waals surface area contributed by atoms with Crippen molar-refractivity contribution >= 4 is 5.91 Å². The van der Waals surface area contributed by atoms with E-state index in [2.05, 4.69) is 6.07 Å². The van der Waals surface area contributed by atoms with Crippen molar-refractivity contribution in [3.05, 3.63) is 33.9 Å². The summed E-state index contributed by atoms with van der Waals surface area (Å²) in [5.74, 6) is 5.36. The summed E-state index contributed by atoms with van der Waals surface area (Å²) >= 11 is 0. The first-order valence-corrected chi connectivity index (χ1v) is 4.96. The van der Waals surface area contributed by atoms with Crippen LogP contribution in [0.1, 0.15) is 32.6 Å². The van der Waals surface area contributed by atoms with Crippen LogP contribution in [0.5, 0.6) is 0 Å². The summed E-state index contributed by atoms with van der Waals surface area (Å²) in [4.78, 5) is 11.9. The van der Waals surface area contributed by atoms with E-state index in [0.717, 1.165) is 32.8 Å². The second kappa shape index (κ2) is 4.03. The Morgan fingerprint density at radius 3 is 1.87 bits per heavy atom. The number of hydrogen-bond donors (Lipinski definition) is 1. The molecule has 0 atom stereocenters. The molecule has 82 valence electrons. The number of hydrogen-bond acceptors (Lipinski definition) is 2. The average molecular weight is 206 g/mol. The van der Waals surface area contributed by atoms with Gasteiger partial charge in [-0.2, -0.15) is 0 Å². The zero-order valence-electron chi connectivity index (χ0n) is 10.0.